The quantitative estimate of drug-likeness (QED) is 0.0439. The van der Waals surface area contributed by atoms with Crippen molar-refractivity contribution in [2.75, 3.05) is 19.8 Å². The van der Waals surface area contributed by atoms with E-state index in [2.05, 4.69) is 0 Å². The monoisotopic (exact) mass is 859 g/mol. The maximum absolute atomic E-state index is 12.0. The van der Waals surface area contributed by atoms with Gasteiger partial charge in [0.15, 0.2) is 17.8 Å². The summed E-state index contributed by atoms with van der Waals surface area (Å²) in [5, 5.41) is 144. The van der Waals surface area contributed by atoms with E-state index in [0.29, 0.717) is 0 Å². The van der Waals surface area contributed by atoms with Crippen molar-refractivity contribution in [3.8, 4) is 40.1 Å². The van der Waals surface area contributed by atoms with Crippen LogP contribution in [-0.4, -0.2) is 195 Å². The Morgan fingerprint density at radius 1 is 0.633 bits per heavy atom. The van der Waals surface area contributed by atoms with Crippen LogP contribution in [-0.2, 0) is 33.3 Å². The molecule has 0 saturated carbocycles. The van der Waals surface area contributed by atoms with Crippen LogP contribution < -0.4 is 9.47 Å². The van der Waals surface area contributed by atoms with Crippen LogP contribution in [0.25, 0.3) is 22.3 Å². The number of benzene rings is 2. The number of carboxylic acids is 1. The van der Waals surface area contributed by atoms with Gasteiger partial charge < -0.3 is 105 Å². The van der Waals surface area contributed by atoms with Crippen LogP contribution >= 0.6 is 0 Å². The Morgan fingerprint density at radius 2 is 1.23 bits per heavy atom. The fourth-order valence-electron chi connectivity index (χ4n) is 6.62. The largest absolute Gasteiger partial charge is 0.507 e. The van der Waals surface area contributed by atoms with E-state index in [-0.39, 0.29) is 33.8 Å². The van der Waals surface area contributed by atoms with E-state index in [9.17, 15) is 76.0 Å². The highest BCUT2D eigenvalue weighted by molar-refractivity contribution is 5.90. The standard InChI is InChI=1S/C36H42O24/c37-8-19-24(45)27(48)29(50)34(57-19)56-17-2-1-11(3-15(17)40)32-16(41)6-13-14(39)4-12(5-18(13)55-32)54-36-31(52)33(26(47)21(59-36)10-53-23(44)7-22(42)43)60-35-30(51)28(49)25(46)20(9-38)58-35/h1-6,19-21,24-31,33-38,45-52H,7-10H2,(H3-,39,40,41,42,43)/p+1/t19-,20-,21+,24-,25-,26-,27+,28+,29+,30-,31+,33+,34-,35+,36-/m1/s1. The molecule has 2 aromatic carbocycles. The molecular weight excluding hydrogens is 816 g/mol. The molecule has 0 aliphatic carbocycles. The summed E-state index contributed by atoms with van der Waals surface area (Å²) >= 11 is 0. The van der Waals surface area contributed by atoms with E-state index in [4.69, 9.17) is 42.7 Å². The van der Waals surface area contributed by atoms with Gasteiger partial charge in [-0.05, 0) is 12.1 Å². The highest BCUT2D eigenvalue weighted by atomic mass is 16.7. The van der Waals surface area contributed by atoms with Crippen molar-refractivity contribution < 1.29 is 119 Å². The van der Waals surface area contributed by atoms with Gasteiger partial charge in [0.05, 0.1) is 24.8 Å². The van der Waals surface area contributed by atoms with Gasteiger partial charge in [-0.15, -0.1) is 0 Å². The Kier molecular flexibility index (Phi) is 13.8. The second-order valence-corrected chi connectivity index (χ2v) is 14.0. The Bertz CT molecular complexity index is 1990. The minimum Gasteiger partial charge on any atom is -0.507 e. The van der Waals surface area contributed by atoms with E-state index in [0.717, 1.165) is 24.3 Å². The van der Waals surface area contributed by atoms with Gasteiger partial charge in [-0.25, -0.2) is 4.42 Å². The molecule has 14 N–H and O–H groups in total. The summed E-state index contributed by atoms with van der Waals surface area (Å²) in [5.74, 6) is -5.34. The number of phenolic OH excluding ortho intramolecular Hbond substituents is 2. The average Bonchev–Trinajstić information content (AvgIpc) is 3.20. The summed E-state index contributed by atoms with van der Waals surface area (Å²) in [5.41, 5.74) is -0.162. The first-order chi connectivity index (χ1) is 28.4. The highest BCUT2D eigenvalue weighted by Crippen LogP contribution is 2.42. The first-order valence-electron chi connectivity index (χ1n) is 18.1. The van der Waals surface area contributed by atoms with Gasteiger partial charge in [0.1, 0.15) is 103 Å². The van der Waals surface area contributed by atoms with Crippen LogP contribution in [0.2, 0.25) is 0 Å². The number of aliphatic hydroxyl groups is 10. The Hall–Kier alpha value is -4.77. The lowest BCUT2D eigenvalue weighted by molar-refractivity contribution is -0.353. The molecule has 1 aromatic heterocycles. The van der Waals surface area contributed by atoms with E-state index in [1.807, 2.05) is 0 Å². The minimum absolute atomic E-state index is 0.0207. The zero-order chi connectivity index (χ0) is 43.7. The van der Waals surface area contributed by atoms with Crippen molar-refractivity contribution in [2.45, 2.75) is 98.5 Å². The number of rotatable bonds is 13. The maximum Gasteiger partial charge on any atom is 0.402 e. The number of fused-ring (bicyclic) bond motifs is 1. The molecule has 0 amide bonds. The zero-order valence-corrected chi connectivity index (χ0v) is 30.8. The summed E-state index contributed by atoms with van der Waals surface area (Å²) in [6, 6.07) is 6.80. The molecule has 0 radical (unpaired) electrons. The van der Waals surface area contributed by atoms with Crippen LogP contribution in [0.4, 0.5) is 0 Å². The molecule has 24 heteroatoms. The topological polar surface area (TPSA) is 393 Å². The van der Waals surface area contributed by atoms with Gasteiger partial charge in [-0.3, -0.25) is 9.59 Å². The van der Waals surface area contributed by atoms with Crippen LogP contribution in [0.1, 0.15) is 6.42 Å². The zero-order valence-electron chi connectivity index (χ0n) is 30.8. The SMILES string of the molecule is O=C(O)CC(=O)OC[C@@H]1O[C@@H](Oc2cc(O)c3cc(O)c(-c4ccc(O[C@@H]5O[C@H](CO)[C@@H](O)[C@H](O)[C@@H]5O)c(O)c4)[o+]c3c2)[C@@H](O)[C@@H](O[C@@H]2O[C@H](CO)[C@@H](O)[C@H](O)[C@H]2O)[C@@H]1O. The molecular formula is C36H43O24+. The van der Waals surface area contributed by atoms with Gasteiger partial charge in [0.25, 0.3) is 0 Å². The van der Waals surface area contributed by atoms with E-state index < -0.39 is 148 Å². The third-order valence-corrected chi connectivity index (χ3v) is 9.87. The fraction of sp³-hybridized carbons (Fsp3) is 0.528. The normalized spacial score (nSPS) is 34.5. The van der Waals surface area contributed by atoms with Crippen LogP contribution in [0.3, 0.4) is 0 Å². The highest BCUT2D eigenvalue weighted by Gasteiger charge is 2.52. The van der Waals surface area contributed by atoms with E-state index in [1.165, 1.54) is 12.1 Å². The molecule has 0 spiro atoms. The first kappa shape index (κ1) is 44.8. The second kappa shape index (κ2) is 18.5. The predicted octanol–water partition coefficient (Wildman–Crippen LogP) is -4.30. The van der Waals surface area contributed by atoms with Crippen LogP contribution in [0, 0.1) is 0 Å². The van der Waals surface area contributed by atoms with Crippen LogP contribution in [0.5, 0.6) is 28.7 Å². The van der Waals surface area contributed by atoms with E-state index >= 15 is 0 Å². The smallest absolute Gasteiger partial charge is 0.402 e. The molecule has 3 fully saturated rings. The van der Waals surface area contributed by atoms with Gasteiger partial charge in [-0.2, -0.15) is 0 Å². The molecule has 24 nitrogen and oxygen atoms in total. The number of hydrogen-bond acceptors (Lipinski definition) is 22. The molecule has 330 valence electrons. The van der Waals surface area contributed by atoms with Gasteiger partial charge in [0.2, 0.25) is 18.3 Å². The lowest BCUT2D eigenvalue weighted by Gasteiger charge is -2.45. The Labute approximate surface area is 336 Å². The number of esters is 1. The lowest BCUT2D eigenvalue weighted by Crippen LogP contribution is -2.65. The lowest BCUT2D eigenvalue weighted by atomic mass is 9.97. The third kappa shape index (κ3) is 9.26. The molecule has 3 aliphatic heterocycles. The molecule has 3 aliphatic rings. The molecule has 3 saturated heterocycles. The fourth-order valence-corrected chi connectivity index (χ4v) is 6.62. The summed E-state index contributed by atoms with van der Waals surface area (Å²) in [6.45, 7) is -2.42. The number of aromatic hydroxyl groups is 3. The number of carbonyl (C=O) groups is 2. The maximum atomic E-state index is 12.0. The molecule has 4 heterocycles. The summed E-state index contributed by atoms with van der Waals surface area (Å²) in [4.78, 5) is 23.0. The summed E-state index contributed by atoms with van der Waals surface area (Å²) < 4.78 is 44.0. The molecule has 60 heavy (non-hydrogen) atoms. The van der Waals surface area contributed by atoms with Gasteiger partial charge in [-0.1, -0.05) is 0 Å². The van der Waals surface area contributed by atoms with Crippen molar-refractivity contribution >= 4 is 22.9 Å². The van der Waals surface area contributed by atoms with Gasteiger partial charge in [0, 0.05) is 18.2 Å². The molecule has 3 aromatic rings. The third-order valence-electron chi connectivity index (χ3n) is 9.87. The second-order valence-electron chi connectivity index (χ2n) is 14.0. The average molecular weight is 860 g/mol. The number of carboxylic acid groups (broad SMARTS) is 1. The number of ether oxygens (including phenoxy) is 7. The number of aliphatic carboxylic acids is 1. The number of aliphatic hydroxyl groups excluding tert-OH is 10. The van der Waals surface area contributed by atoms with Crippen molar-refractivity contribution in [2.24, 2.45) is 0 Å². The molecule has 0 unspecified atom stereocenters. The van der Waals surface area contributed by atoms with Crippen molar-refractivity contribution in [3.63, 3.8) is 0 Å². The number of phenols is 2. The number of hydrogen-bond donors (Lipinski definition) is 14. The van der Waals surface area contributed by atoms with Crippen molar-refractivity contribution in [1.82, 2.24) is 0 Å². The van der Waals surface area contributed by atoms with Gasteiger partial charge >= 0.3 is 23.3 Å². The Morgan fingerprint density at radius 3 is 1.85 bits per heavy atom. The minimum atomic E-state index is -2.03. The summed E-state index contributed by atoms with van der Waals surface area (Å²) in [6.07, 6.45) is -27.6. The molecule has 6 rings (SSSR count). The van der Waals surface area contributed by atoms with Crippen LogP contribution in [0.15, 0.2) is 40.8 Å². The first-order valence-corrected chi connectivity index (χ1v) is 18.1. The van der Waals surface area contributed by atoms with E-state index in [1.54, 1.807) is 0 Å². The number of carbonyl (C=O) groups excluding carboxylic acids is 1. The molecule has 15 atom stereocenters. The Balaban J connectivity index is 1.25. The van der Waals surface area contributed by atoms with Crippen molar-refractivity contribution in [3.05, 3.63) is 36.4 Å². The van der Waals surface area contributed by atoms with Crippen molar-refractivity contribution in [1.29, 1.82) is 0 Å². The predicted molar refractivity (Wildman–Crippen MR) is 189 cm³/mol. The molecule has 0 bridgehead atoms. The summed E-state index contributed by atoms with van der Waals surface area (Å²) in [7, 11) is 0.